The predicted octanol–water partition coefficient (Wildman–Crippen LogP) is 2.61. The van der Waals surface area contributed by atoms with Crippen molar-refractivity contribution in [2.75, 3.05) is 13.2 Å². The third-order valence-electron chi connectivity index (χ3n) is 4.36. The van der Waals surface area contributed by atoms with Gasteiger partial charge in [-0.05, 0) is 41.7 Å². The Labute approximate surface area is 146 Å². The minimum Gasteiger partial charge on any atom is -0.493 e. The van der Waals surface area contributed by atoms with Gasteiger partial charge >= 0.3 is 5.97 Å². The summed E-state index contributed by atoms with van der Waals surface area (Å²) in [5, 5.41) is 12.1. The van der Waals surface area contributed by atoms with E-state index < -0.39 is 5.97 Å². The number of carboxylic acid groups (broad SMARTS) is 1. The highest BCUT2D eigenvalue weighted by molar-refractivity contribution is 5.89. The normalized spacial score (nSPS) is 12.3. The van der Waals surface area contributed by atoms with Gasteiger partial charge in [-0.15, -0.1) is 0 Å². The van der Waals surface area contributed by atoms with Crippen LogP contribution in [-0.2, 0) is 24.1 Å². The van der Waals surface area contributed by atoms with Gasteiger partial charge in [-0.1, -0.05) is 30.3 Å². The fourth-order valence-electron chi connectivity index (χ4n) is 3.03. The minimum absolute atomic E-state index is 0.0651. The number of carboxylic acids is 1. The summed E-state index contributed by atoms with van der Waals surface area (Å²) in [7, 11) is 0. The summed E-state index contributed by atoms with van der Waals surface area (Å²) < 4.78 is 5.49. The first-order valence-electron chi connectivity index (χ1n) is 8.46. The molecule has 0 atom stereocenters. The van der Waals surface area contributed by atoms with Crippen molar-refractivity contribution in [2.24, 2.45) is 0 Å². The lowest BCUT2D eigenvalue weighted by atomic mass is 10.0. The molecule has 0 aliphatic carbocycles. The second-order valence-corrected chi connectivity index (χ2v) is 6.10. The van der Waals surface area contributed by atoms with Crippen molar-refractivity contribution in [3.05, 3.63) is 64.7 Å². The first-order chi connectivity index (χ1) is 12.1. The number of rotatable bonds is 7. The van der Waals surface area contributed by atoms with E-state index in [9.17, 15) is 9.59 Å². The summed E-state index contributed by atoms with van der Waals surface area (Å²) in [6.45, 7) is 1.31. The van der Waals surface area contributed by atoms with E-state index in [1.165, 1.54) is 11.1 Å². The van der Waals surface area contributed by atoms with E-state index >= 15 is 0 Å². The molecule has 1 amide bonds. The van der Waals surface area contributed by atoms with Gasteiger partial charge in [0.05, 0.1) is 12.2 Å². The van der Waals surface area contributed by atoms with Crippen LogP contribution < -0.4 is 10.1 Å². The molecule has 0 spiro atoms. The van der Waals surface area contributed by atoms with Crippen LogP contribution >= 0.6 is 0 Å². The van der Waals surface area contributed by atoms with Gasteiger partial charge in [0.15, 0.2) is 0 Å². The number of aryl methyl sites for hydroxylation is 1. The monoisotopic (exact) mass is 339 g/mol. The first kappa shape index (κ1) is 17.0. The van der Waals surface area contributed by atoms with Crippen molar-refractivity contribution in [1.82, 2.24) is 5.32 Å². The smallest absolute Gasteiger partial charge is 0.335 e. The lowest BCUT2D eigenvalue weighted by molar-refractivity contribution is -0.121. The highest BCUT2D eigenvalue weighted by atomic mass is 16.5. The maximum atomic E-state index is 12.0. The molecule has 3 rings (SSSR count). The van der Waals surface area contributed by atoms with E-state index in [2.05, 4.69) is 11.4 Å². The average molecular weight is 339 g/mol. The molecule has 5 heteroatoms. The number of nitrogens with one attached hydrogen (secondary N) is 1. The summed E-state index contributed by atoms with van der Waals surface area (Å²) in [5.41, 5.74) is 3.36. The largest absolute Gasteiger partial charge is 0.493 e. The highest BCUT2D eigenvalue weighted by Gasteiger charge is 2.12. The minimum atomic E-state index is -0.961. The van der Waals surface area contributed by atoms with Crippen LogP contribution in [0.15, 0.2) is 42.5 Å². The molecule has 2 aromatic carbocycles. The van der Waals surface area contributed by atoms with Gasteiger partial charge in [0, 0.05) is 19.4 Å². The Bertz CT molecular complexity index is 785. The Morgan fingerprint density at radius 1 is 1.12 bits per heavy atom. The van der Waals surface area contributed by atoms with Crippen LogP contribution in [-0.4, -0.2) is 30.1 Å². The van der Waals surface area contributed by atoms with Gasteiger partial charge in [-0.2, -0.15) is 0 Å². The van der Waals surface area contributed by atoms with Crippen LogP contribution in [0.1, 0.15) is 33.5 Å². The molecule has 25 heavy (non-hydrogen) atoms. The van der Waals surface area contributed by atoms with Gasteiger partial charge in [-0.25, -0.2) is 4.79 Å². The molecular formula is C20H21NO4. The number of amides is 1. The molecule has 0 bridgehead atoms. The molecule has 1 aliphatic rings. The topological polar surface area (TPSA) is 75.6 Å². The Kier molecular flexibility index (Phi) is 5.33. The van der Waals surface area contributed by atoms with E-state index in [1.54, 1.807) is 24.3 Å². The molecule has 1 heterocycles. The fraction of sp³-hybridized carbons (Fsp3) is 0.300. The third kappa shape index (κ3) is 4.38. The molecule has 0 unspecified atom stereocenters. The number of carbonyl (C=O) groups is 2. The van der Waals surface area contributed by atoms with Crippen molar-refractivity contribution < 1.29 is 19.4 Å². The van der Waals surface area contributed by atoms with E-state index in [1.807, 2.05) is 12.1 Å². The molecule has 0 saturated heterocycles. The Hall–Kier alpha value is -2.82. The maximum Gasteiger partial charge on any atom is 0.335 e. The summed E-state index contributed by atoms with van der Waals surface area (Å²) >= 11 is 0. The number of aromatic carboxylic acids is 1. The van der Waals surface area contributed by atoms with Crippen molar-refractivity contribution in [3.63, 3.8) is 0 Å². The molecule has 0 fully saturated rings. The van der Waals surface area contributed by atoms with Crippen molar-refractivity contribution in [3.8, 4) is 5.75 Å². The molecular weight excluding hydrogens is 318 g/mol. The van der Waals surface area contributed by atoms with E-state index in [-0.39, 0.29) is 17.9 Å². The van der Waals surface area contributed by atoms with Crippen molar-refractivity contribution >= 4 is 11.9 Å². The number of hydrogen-bond acceptors (Lipinski definition) is 3. The highest BCUT2D eigenvalue weighted by Crippen LogP contribution is 2.25. The van der Waals surface area contributed by atoms with Crippen molar-refractivity contribution in [2.45, 2.75) is 25.7 Å². The summed E-state index contributed by atoms with van der Waals surface area (Å²) in [5.74, 6) is -0.0637. The number of fused-ring (bicyclic) bond motifs is 1. The molecule has 130 valence electrons. The molecule has 0 radical (unpaired) electrons. The van der Waals surface area contributed by atoms with E-state index in [4.69, 9.17) is 9.84 Å². The summed E-state index contributed by atoms with van der Waals surface area (Å²) in [6, 6.07) is 12.9. The number of ether oxygens (including phenoxy) is 1. The lowest BCUT2D eigenvalue weighted by Crippen LogP contribution is -2.26. The van der Waals surface area contributed by atoms with Crippen LogP contribution in [0.4, 0.5) is 0 Å². The van der Waals surface area contributed by atoms with Gasteiger partial charge in [-0.3, -0.25) is 4.79 Å². The second-order valence-electron chi connectivity index (χ2n) is 6.10. The van der Waals surface area contributed by atoms with Crippen LogP contribution in [0.25, 0.3) is 0 Å². The number of carbonyl (C=O) groups excluding carboxylic acids is 1. The van der Waals surface area contributed by atoms with Crippen LogP contribution in [0.3, 0.4) is 0 Å². The zero-order valence-corrected chi connectivity index (χ0v) is 14.0. The molecule has 2 N–H and O–H groups in total. The molecule has 1 aliphatic heterocycles. The molecule has 0 saturated carbocycles. The lowest BCUT2D eigenvalue weighted by Gasteiger charge is -2.08. The van der Waals surface area contributed by atoms with Gasteiger partial charge in [0.1, 0.15) is 5.75 Å². The standard InChI is InChI=1S/C20H21NO4/c22-19(8-6-15-3-1-2-4-17(15)20(23)24)21-11-9-14-5-7-18-16(13-14)10-12-25-18/h1-5,7,13H,6,8-12H2,(H,21,22)(H,23,24). The summed E-state index contributed by atoms with van der Waals surface area (Å²) in [6.07, 6.45) is 2.41. The van der Waals surface area contributed by atoms with Gasteiger partial charge in [0.25, 0.3) is 0 Å². The quantitative estimate of drug-likeness (QED) is 0.813. The maximum absolute atomic E-state index is 12.0. The van der Waals surface area contributed by atoms with E-state index in [0.717, 1.165) is 25.2 Å². The van der Waals surface area contributed by atoms with E-state index in [0.29, 0.717) is 18.5 Å². The zero-order chi connectivity index (χ0) is 17.6. The van der Waals surface area contributed by atoms with Crippen LogP contribution in [0.5, 0.6) is 5.75 Å². The van der Waals surface area contributed by atoms with Crippen molar-refractivity contribution in [1.29, 1.82) is 0 Å². The second kappa shape index (κ2) is 7.83. The Morgan fingerprint density at radius 2 is 1.96 bits per heavy atom. The predicted molar refractivity (Wildman–Crippen MR) is 94.1 cm³/mol. The van der Waals surface area contributed by atoms with Crippen LogP contribution in [0.2, 0.25) is 0 Å². The molecule has 0 aromatic heterocycles. The van der Waals surface area contributed by atoms with Gasteiger partial charge in [0.2, 0.25) is 5.91 Å². The fourth-order valence-corrected chi connectivity index (χ4v) is 3.03. The third-order valence-corrected chi connectivity index (χ3v) is 4.36. The SMILES string of the molecule is O=C(CCc1ccccc1C(=O)O)NCCc1ccc2c(c1)CCO2. The molecule has 5 nitrogen and oxygen atoms in total. The number of hydrogen-bond donors (Lipinski definition) is 2. The number of benzene rings is 2. The summed E-state index contributed by atoms with van der Waals surface area (Å²) in [4.78, 5) is 23.2. The Morgan fingerprint density at radius 3 is 2.80 bits per heavy atom. The van der Waals surface area contributed by atoms with Gasteiger partial charge < -0.3 is 15.2 Å². The van der Waals surface area contributed by atoms with Crippen LogP contribution in [0, 0.1) is 0 Å². The zero-order valence-electron chi connectivity index (χ0n) is 14.0. The molecule has 2 aromatic rings. The Balaban J connectivity index is 1.45. The average Bonchev–Trinajstić information content (AvgIpc) is 3.08. The first-order valence-corrected chi connectivity index (χ1v) is 8.46.